The Morgan fingerprint density at radius 1 is 1.07 bits per heavy atom. The van der Waals surface area contributed by atoms with Crippen LogP contribution in [0.15, 0.2) is 54.6 Å². The van der Waals surface area contributed by atoms with E-state index in [-0.39, 0.29) is 11.4 Å². The van der Waals surface area contributed by atoms with Crippen molar-refractivity contribution in [2.45, 2.75) is 13.1 Å². The molecule has 1 aromatic heterocycles. The first-order chi connectivity index (χ1) is 12.8. The van der Waals surface area contributed by atoms with Crippen molar-refractivity contribution in [2.75, 3.05) is 7.11 Å². The third-order valence-electron chi connectivity index (χ3n) is 3.75. The van der Waals surface area contributed by atoms with Gasteiger partial charge in [-0.2, -0.15) is 18.3 Å². The van der Waals surface area contributed by atoms with E-state index in [0.717, 1.165) is 10.2 Å². The van der Waals surface area contributed by atoms with E-state index < -0.39 is 17.8 Å². The van der Waals surface area contributed by atoms with Crippen LogP contribution in [0.25, 0.3) is 5.69 Å². The lowest BCUT2D eigenvalue weighted by atomic mass is 10.2. The van der Waals surface area contributed by atoms with Gasteiger partial charge in [0.25, 0.3) is 0 Å². The van der Waals surface area contributed by atoms with Crippen LogP contribution in [0.5, 0.6) is 11.6 Å². The van der Waals surface area contributed by atoms with Crippen LogP contribution in [0, 0.1) is 6.92 Å². The molecule has 140 valence electrons. The molecule has 27 heavy (non-hydrogen) atoms. The van der Waals surface area contributed by atoms with Crippen LogP contribution >= 0.6 is 0 Å². The number of esters is 1. The van der Waals surface area contributed by atoms with E-state index in [1.54, 1.807) is 36.4 Å². The highest BCUT2D eigenvalue weighted by Crippen LogP contribution is 2.32. The molecule has 0 unspecified atom stereocenters. The molecule has 0 saturated heterocycles. The van der Waals surface area contributed by atoms with Gasteiger partial charge in [-0.15, -0.1) is 0 Å². The van der Waals surface area contributed by atoms with Crippen LogP contribution in [0.1, 0.15) is 21.6 Å². The second-order valence-electron chi connectivity index (χ2n) is 5.73. The highest BCUT2D eigenvalue weighted by Gasteiger charge is 2.36. The molecule has 3 aromatic rings. The summed E-state index contributed by atoms with van der Waals surface area (Å²) in [5, 5.41) is 3.55. The standard InChI is InChI=1S/C19H15F3N2O3/c1-12-6-8-14(9-7-12)24-17(11-16(23-24)19(20,21)22)27-18(25)13-4-3-5-15(10-13)26-2/h3-11H,1-2H3. The van der Waals surface area contributed by atoms with E-state index in [1.165, 1.54) is 19.2 Å². The van der Waals surface area contributed by atoms with Gasteiger partial charge in [0, 0.05) is 6.07 Å². The van der Waals surface area contributed by atoms with Crippen LogP contribution < -0.4 is 9.47 Å². The first-order valence-corrected chi connectivity index (χ1v) is 7.88. The summed E-state index contributed by atoms with van der Waals surface area (Å²) in [4.78, 5) is 12.4. The molecule has 0 fully saturated rings. The lowest BCUT2D eigenvalue weighted by molar-refractivity contribution is -0.141. The van der Waals surface area contributed by atoms with E-state index in [9.17, 15) is 18.0 Å². The summed E-state index contributed by atoms with van der Waals surface area (Å²) in [6, 6.07) is 13.4. The fourth-order valence-electron chi connectivity index (χ4n) is 2.35. The minimum atomic E-state index is -4.67. The molecule has 0 amide bonds. The van der Waals surface area contributed by atoms with E-state index in [2.05, 4.69) is 5.10 Å². The first-order valence-electron chi connectivity index (χ1n) is 7.88. The first kappa shape index (κ1) is 18.5. The van der Waals surface area contributed by atoms with Crippen molar-refractivity contribution >= 4 is 5.97 Å². The average molecular weight is 376 g/mol. The van der Waals surface area contributed by atoms with Crippen LogP contribution in [0.4, 0.5) is 13.2 Å². The number of hydrogen-bond donors (Lipinski definition) is 0. The Hall–Kier alpha value is -3.29. The maximum atomic E-state index is 13.1. The van der Waals surface area contributed by atoms with Crippen molar-refractivity contribution in [3.8, 4) is 17.3 Å². The maximum Gasteiger partial charge on any atom is 0.435 e. The molecular formula is C19H15F3N2O3. The van der Waals surface area contributed by atoms with Crippen molar-refractivity contribution in [1.82, 2.24) is 9.78 Å². The summed E-state index contributed by atoms with van der Waals surface area (Å²) in [5.41, 5.74) is 0.248. The largest absolute Gasteiger partial charge is 0.497 e. The number of benzene rings is 2. The minimum absolute atomic E-state index is 0.138. The van der Waals surface area contributed by atoms with Gasteiger partial charge in [-0.05, 0) is 37.3 Å². The molecule has 2 aromatic carbocycles. The van der Waals surface area contributed by atoms with Crippen molar-refractivity contribution in [3.05, 3.63) is 71.4 Å². The lowest BCUT2D eigenvalue weighted by Crippen LogP contribution is -2.12. The van der Waals surface area contributed by atoms with Crippen molar-refractivity contribution in [1.29, 1.82) is 0 Å². The molecule has 0 radical (unpaired) electrons. The van der Waals surface area contributed by atoms with Crippen molar-refractivity contribution in [3.63, 3.8) is 0 Å². The number of ether oxygens (including phenoxy) is 2. The SMILES string of the molecule is COc1cccc(C(=O)Oc2cc(C(F)(F)F)nn2-c2ccc(C)cc2)c1. The number of rotatable bonds is 4. The molecule has 0 bridgehead atoms. The molecule has 3 rings (SSSR count). The monoisotopic (exact) mass is 376 g/mol. The highest BCUT2D eigenvalue weighted by atomic mass is 19.4. The molecule has 8 heteroatoms. The van der Waals surface area contributed by atoms with Gasteiger partial charge in [-0.25, -0.2) is 9.48 Å². The number of aromatic nitrogens is 2. The Balaban J connectivity index is 1.99. The summed E-state index contributed by atoms with van der Waals surface area (Å²) in [6.45, 7) is 1.84. The molecular weight excluding hydrogens is 361 g/mol. The summed E-state index contributed by atoms with van der Waals surface area (Å²) in [6.07, 6.45) is -4.67. The van der Waals surface area contributed by atoms with Gasteiger partial charge in [0.15, 0.2) is 5.69 Å². The molecule has 0 N–H and O–H groups in total. The van der Waals surface area contributed by atoms with Gasteiger partial charge >= 0.3 is 12.1 Å². The summed E-state index contributed by atoms with van der Waals surface area (Å²) in [5.74, 6) is -0.734. The Morgan fingerprint density at radius 3 is 2.41 bits per heavy atom. The van der Waals surface area contributed by atoms with E-state index in [1.807, 2.05) is 6.92 Å². The van der Waals surface area contributed by atoms with Gasteiger partial charge in [0.1, 0.15) is 5.75 Å². The van der Waals surface area contributed by atoms with E-state index >= 15 is 0 Å². The molecule has 0 aliphatic heterocycles. The molecule has 0 saturated carbocycles. The topological polar surface area (TPSA) is 53.4 Å². The number of carbonyl (C=O) groups is 1. The normalized spacial score (nSPS) is 11.3. The summed E-state index contributed by atoms with van der Waals surface area (Å²) in [7, 11) is 1.44. The zero-order valence-electron chi connectivity index (χ0n) is 14.4. The second-order valence-corrected chi connectivity index (χ2v) is 5.73. The van der Waals surface area contributed by atoms with Crippen LogP contribution in [-0.2, 0) is 6.18 Å². The Labute approximate surface area is 152 Å². The Morgan fingerprint density at radius 2 is 1.78 bits per heavy atom. The predicted molar refractivity (Wildman–Crippen MR) is 91.3 cm³/mol. The van der Waals surface area contributed by atoms with Crippen LogP contribution in [0.3, 0.4) is 0 Å². The molecule has 0 aliphatic carbocycles. The van der Waals surface area contributed by atoms with Crippen LogP contribution in [-0.4, -0.2) is 22.9 Å². The molecule has 0 aliphatic rings. The van der Waals surface area contributed by atoms with Gasteiger partial charge in [0.2, 0.25) is 5.88 Å². The number of aryl methyl sites for hydroxylation is 1. The highest BCUT2D eigenvalue weighted by molar-refractivity contribution is 5.91. The van der Waals surface area contributed by atoms with Gasteiger partial charge < -0.3 is 9.47 Å². The Bertz CT molecular complexity index is 963. The number of nitrogens with zero attached hydrogens (tertiary/aromatic N) is 2. The number of carbonyl (C=O) groups excluding carboxylic acids is 1. The molecule has 0 spiro atoms. The third-order valence-corrected chi connectivity index (χ3v) is 3.75. The van der Waals surface area contributed by atoms with Gasteiger partial charge in [0.05, 0.1) is 18.4 Å². The number of methoxy groups -OCH3 is 1. The van der Waals surface area contributed by atoms with E-state index in [0.29, 0.717) is 17.5 Å². The third kappa shape index (κ3) is 4.11. The Kier molecular flexibility index (Phi) is 4.89. The number of halogens is 3. The zero-order chi connectivity index (χ0) is 19.6. The lowest BCUT2D eigenvalue weighted by Gasteiger charge is -2.09. The number of alkyl halides is 3. The zero-order valence-corrected chi connectivity index (χ0v) is 14.4. The van der Waals surface area contributed by atoms with Crippen LogP contribution in [0.2, 0.25) is 0 Å². The molecule has 5 nitrogen and oxygen atoms in total. The smallest absolute Gasteiger partial charge is 0.435 e. The molecule has 1 heterocycles. The van der Waals surface area contributed by atoms with Gasteiger partial charge in [-0.3, -0.25) is 0 Å². The fourth-order valence-corrected chi connectivity index (χ4v) is 2.35. The minimum Gasteiger partial charge on any atom is -0.497 e. The van der Waals surface area contributed by atoms with E-state index in [4.69, 9.17) is 9.47 Å². The summed E-state index contributed by atoms with van der Waals surface area (Å²) < 4.78 is 50.4. The molecule has 0 atom stereocenters. The fraction of sp³-hybridized carbons (Fsp3) is 0.158. The number of hydrogen-bond acceptors (Lipinski definition) is 4. The summed E-state index contributed by atoms with van der Waals surface area (Å²) >= 11 is 0. The maximum absolute atomic E-state index is 13.1. The quantitative estimate of drug-likeness (QED) is 0.633. The van der Waals surface area contributed by atoms with Gasteiger partial charge in [-0.1, -0.05) is 23.8 Å². The predicted octanol–water partition coefficient (Wildman–Crippen LogP) is 4.43. The second kappa shape index (κ2) is 7.14. The van der Waals surface area contributed by atoms with Crippen molar-refractivity contribution < 1.29 is 27.4 Å². The van der Waals surface area contributed by atoms with Crippen molar-refractivity contribution in [2.24, 2.45) is 0 Å². The average Bonchev–Trinajstić information content (AvgIpc) is 3.06.